The van der Waals surface area contributed by atoms with E-state index in [1.165, 1.54) is 17.4 Å². The maximum atomic E-state index is 12.2. The van der Waals surface area contributed by atoms with Crippen LogP contribution in [0.3, 0.4) is 0 Å². The number of aryl methyl sites for hydroxylation is 1. The van der Waals surface area contributed by atoms with Crippen molar-refractivity contribution in [3.05, 3.63) is 62.5 Å². The molecule has 0 bridgehead atoms. The van der Waals surface area contributed by atoms with Crippen molar-refractivity contribution >= 4 is 39.5 Å². The van der Waals surface area contributed by atoms with Crippen LogP contribution in [0.2, 0.25) is 5.02 Å². The molecule has 1 unspecified atom stereocenters. The van der Waals surface area contributed by atoms with E-state index in [1.807, 2.05) is 31.5 Å². The summed E-state index contributed by atoms with van der Waals surface area (Å²) in [4.78, 5) is 30.5. The highest BCUT2D eigenvalue weighted by molar-refractivity contribution is 7.15. The first-order chi connectivity index (χ1) is 11.9. The van der Waals surface area contributed by atoms with Crippen molar-refractivity contribution in [3.63, 3.8) is 0 Å². The fraction of sp³-hybridized carbons (Fsp3) is 0.235. The number of carbonyl (C=O) groups is 1. The highest BCUT2D eigenvalue weighted by atomic mass is 35.5. The van der Waals surface area contributed by atoms with E-state index in [9.17, 15) is 9.59 Å². The fourth-order valence-corrected chi connectivity index (χ4v) is 3.67. The average Bonchev–Trinajstić information content (AvgIpc) is 2.91. The number of hydrogen-bond donors (Lipinski definition) is 2. The normalized spacial score (nSPS) is 12.3. The molecule has 0 spiro atoms. The zero-order valence-electron chi connectivity index (χ0n) is 13.9. The molecular formula is C17H18ClN4O2S+. The maximum absolute atomic E-state index is 12.2. The smallest absolute Gasteiger partial charge is 0.279 e. The molecule has 0 aliphatic rings. The Morgan fingerprint density at radius 1 is 1.40 bits per heavy atom. The van der Waals surface area contributed by atoms with Crippen molar-refractivity contribution < 1.29 is 9.69 Å². The number of nitrogens with one attached hydrogen (secondary N) is 2. The van der Waals surface area contributed by atoms with E-state index >= 15 is 0 Å². The number of carbonyl (C=O) groups excluding carboxylic acids is 1. The molecule has 0 aliphatic carbocycles. The Hall–Kier alpha value is -2.22. The molecule has 0 saturated heterocycles. The zero-order chi connectivity index (χ0) is 18.0. The number of rotatable bonds is 5. The van der Waals surface area contributed by atoms with Crippen molar-refractivity contribution in [1.82, 2.24) is 9.38 Å². The topological polar surface area (TPSA) is 67.9 Å². The third-order valence-electron chi connectivity index (χ3n) is 3.72. The van der Waals surface area contributed by atoms with Gasteiger partial charge in [-0.2, -0.15) is 0 Å². The molecule has 1 aromatic carbocycles. The maximum Gasteiger partial charge on any atom is 0.279 e. The first-order valence-corrected chi connectivity index (χ1v) is 9.02. The molecule has 1 atom stereocenters. The number of halogens is 1. The summed E-state index contributed by atoms with van der Waals surface area (Å²) in [6.07, 6.45) is 0. The van der Waals surface area contributed by atoms with E-state index in [0.29, 0.717) is 27.9 Å². The molecule has 6 nitrogen and oxygen atoms in total. The quantitative estimate of drug-likeness (QED) is 0.705. The number of nitrogens with zero attached hydrogens (tertiary/aromatic N) is 2. The first-order valence-electron chi connectivity index (χ1n) is 7.76. The molecule has 0 aliphatic heterocycles. The first kappa shape index (κ1) is 17.6. The van der Waals surface area contributed by atoms with Gasteiger partial charge in [-0.1, -0.05) is 23.7 Å². The van der Waals surface area contributed by atoms with Crippen LogP contribution in [-0.2, 0) is 11.3 Å². The molecule has 3 aromatic rings. The summed E-state index contributed by atoms with van der Waals surface area (Å²) < 4.78 is 1.59. The Balaban J connectivity index is 1.66. The van der Waals surface area contributed by atoms with E-state index in [0.717, 1.165) is 10.6 Å². The Morgan fingerprint density at radius 2 is 2.16 bits per heavy atom. The number of benzene rings is 1. The van der Waals surface area contributed by atoms with Crippen LogP contribution >= 0.6 is 22.9 Å². The van der Waals surface area contributed by atoms with Crippen LogP contribution in [0.15, 0.2) is 40.5 Å². The van der Waals surface area contributed by atoms with Gasteiger partial charge in [-0.3, -0.25) is 14.0 Å². The largest absolute Gasteiger partial charge is 0.325 e. The van der Waals surface area contributed by atoms with Crippen LogP contribution < -0.4 is 15.8 Å². The molecule has 8 heteroatoms. The highest BCUT2D eigenvalue weighted by Crippen LogP contribution is 2.19. The van der Waals surface area contributed by atoms with Gasteiger partial charge in [0, 0.05) is 17.1 Å². The highest BCUT2D eigenvalue weighted by Gasteiger charge is 2.14. The van der Waals surface area contributed by atoms with Crippen LogP contribution in [0, 0.1) is 6.92 Å². The van der Waals surface area contributed by atoms with Gasteiger partial charge in [0.25, 0.3) is 11.5 Å². The van der Waals surface area contributed by atoms with Crippen LogP contribution in [0.25, 0.3) is 4.96 Å². The van der Waals surface area contributed by atoms with E-state index < -0.39 is 0 Å². The molecule has 130 valence electrons. The van der Waals surface area contributed by atoms with Crippen molar-refractivity contribution in [2.24, 2.45) is 0 Å². The summed E-state index contributed by atoms with van der Waals surface area (Å²) in [5.41, 5.74) is 2.06. The summed E-state index contributed by atoms with van der Waals surface area (Å²) in [5, 5.41) is 5.20. The molecular weight excluding hydrogens is 360 g/mol. The minimum Gasteiger partial charge on any atom is -0.325 e. The number of aromatic nitrogens is 2. The van der Waals surface area contributed by atoms with Crippen molar-refractivity contribution in [3.8, 4) is 0 Å². The Morgan fingerprint density at radius 3 is 2.92 bits per heavy atom. The third-order valence-corrected chi connectivity index (χ3v) is 5.00. The van der Waals surface area contributed by atoms with Gasteiger partial charge >= 0.3 is 0 Å². The molecule has 25 heavy (non-hydrogen) atoms. The van der Waals surface area contributed by atoms with E-state index in [2.05, 4.69) is 10.3 Å². The second-order valence-electron chi connectivity index (χ2n) is 5.92. The molecule has 2 aromatic heterocycles. The van der Waals surface area contributed by atoms with Gasteiger partial charge in [0.2, 0.25) is 0 Å². The van der Waals surface area contributed by atoms with Crippen LogP contribution in [0.4, 0.5) is 5.69 Å². The second-order valence-corrected chi connectivity index (χ2v) is 7.16. The molecule has 0 radical (unpaired) electrons. The SMILES string of the molecule is Cc1csc2nc(C[NH+](C)CC(=O)Nc3ccccc3Cl)cc(=O)n12. The van der Waals surface area contributed by atoms with Gasteiger partial charge < -0.3 is 10.2 Å². The number of likely N-dealkylation sites (N-methyl/N-ethyl adjacent to an activating group) is 1. The Kier molecular flexibility index (Phi) is 5.17. The van der Waals surface area contributed by atoms with E-state index in [4.69, 9.17) is 11.6 Å². The number of amides is 1. The van der Waals surface area contributed by atoms with Crippen molar-refractivity contribution in [1.29, 1.82) is 0 Å². The number of fused-ring (bicyclic) bond motifs is 1. The third kappa shape index (κ3) is 4.07. The number of thiazole rings is 1. The zero-order valence-corrected chi connectivity index (χ0v) is 15.4. The minimum atomic E-state index is -0.143. The molecule has 3 rings (SSSR count). The molecule has 2 heterocycles. The molecule has 1 amide bonds. The number of para-hydroxylation sites is 1. The Bertz CT molecular complexity index is 982. The van der Waals surface area contributed by atoms with Crippen LogP contribution in [0.1, 0.15) is 11.4 Å². The fourth-order valence-electron chi connectivity index (χ4n) is 2.59. The van der Waals surface area contributed by atoms with Crippen molar-refractivity contribution in [2.45, 2.75) is 13.5 Å². The molecule has 0 fully saturated rings. The van der Waals surface area contributed by atoms with Crippen LogP contribution in [0.5, 0.6) is 0 Å². The standard InChI is InChI=1S/C17H17ClN4O2S/c1-11-10-25-17-19-12(7-16(24)22(11)17)8-21(2)9-15(23)20-14-6-4-3-5-13(14)18/h3-7,10H,8-9H2,1-2H3,(H,20,23)/p+1. The lowest BCUT2D eigenvalue weighted by molar-refractivity contribution is -0.885. The van der Waals surface area contributed by atoms with Gasteiger partial charge in [-0.15, -0.1) is 11.3 Å². The number of anilines is 1. The Labute approximate surface area is 153 Å². The predicted molar refractivity (Wildman–Crippen MR) is 99.6 cm³/mol. The summed E-state index contributed by atoms with van der Waals surface area (Å²) in [6.45, 7) is 2.61. The lowest BCUT2D eigenvalue weighted by atomic mass is 10.3. The van der Waals surface area contributed by atoms with Gasteiger partial charge in [-0.25, -0.2) is 4.98 Å². The van der Waals surface area contributed by atoms with E-state index in [1.54, 1.807) is 16.5 Å². The minimum absolute atomic E-state index is 0.0907. The van der Waals surface area contributed by atoms with Crippen LogP contribution in [-0.4, -0.2) is 28.9 Å². The summed E-state index contributed by atoms with van der Waals surface area (Å²) >= 11 is 7.48. The predicted octanol–water partition coefficient (Wildman–Crippen LogP) is 1.37. The second kappa shape index (κ2) is 7.35. The lowest BCUT2D eigenvalue weighted by Crippen LogP contribution is -3.08. The van der Waals surface area contributed by atoms with Crippen molar-refractivity contribution in [2.75, 3.05) is 18.9 Å². The van der Waals surface area contributed by atoms with Gasteiger partial charge in [0.05, 0.1) is 17.8 Å². The summed E-state index contributed by atoms with van der Waals surface area (Å²) in [5.74, 6) is -0.143. The average molecular weight is 378 g/mol. The molecule has 0 saturated carbocycles. The number of quaternary nitrogens is 1. The molecule has 2 N–H and O–H groups in total. The summed E-state index contributed by atoms with van der Waals surface area (Å²) in [7, 11) is 1.88. The lowest BCUT2D eigenvalue weighted by Gasteiger charge is -2.14. The number of hydrogen-bond acceptors (Lipinski definition) is 4. The van der Waals surface area contributed by atoms with E-state index in [-0.39, 0.29) is 18.0 Å². The van der Waals surface area contributed by atoms with Gasteiger partial charge in [0.15, 0.2) is 11.5 Å². The summed E-state index contributed by atoms with van der Waals surface area (Å²) in [6, 6.07) is 8.63. The van der Waals surface area contributed by atoms with Gasteiger partial charge in [-0.05, 0) is 19.1 Å². The van der Waals surface area contributed by atoms with Gasteiger partial charge in [0.1, 0.15) is 12.2 Å². The monoisotopic (exact) mass is 377 g/mol.